The van der Waals surface area contributed by atoms with Crippen molar-refractivity contribution in [1.29, 1.82) is 0 Å². The van der Waals surface area contributed by atoms with Gasteiger partial charge in [0.15, 0.2) is 5.16 Å². The van der Waals surface area contributed by atoms with Crippen LogP contribution in [-0.2, 0) is 11.2 Å². The summed E-state index contributed by atoms with van der Waals surface area (Å²) >= 11 is 1.49. The topological polar surface area (TPSA) is 73.9 Å². The molecule has 1 aliphatic heterocycles. The summed E-state index contributed by atoms with van der Waals surface area (Å²) < 4.78 is 5.68. The van der Waals surface area contributed by atoms with Crippen molar-refractivity contribution in [1.82, 2.24) is 15.0 Å². The van der Waals surface area contributed by atoms with Crippen LogP contribution in [0.1, 0.15) is 31.5 Å². The molecule has 0 spiro atoms. The van der Waals surface area contributed by atoms with Crippen molar-refractivity contribution in [3.8, 4) is 0 Å². The molecule has 0 saturated carbocycles. The fraction of sp³-hybridized carbons (Fsp3) is 0.727. The molecule has 0 aromatic carbocycles. The third-order valence-electron chi connectivity index (χ3n) is 2.82. The van der Waals surface area contributed by atoms with Gasteiger partial charge >= 0.3 is 0 Å². The Morgan fingerprint density at radius 2 is 2.24 bits per heavy atom. The number of rotatable bonds is 4. The van der Waals surface area contributed by atoms with Crippen LogP contribution in [-0.4, -0.2) is 33.9 Å². The number of nitrogens with zero attached hydrogens (tertiary/aromatic N) is 3. The van der Waals surface area contributed by atoms with Crippen molar-refractivity contribution in [3.05, 3.63) is 5.82 Å². The Kier molecular flexibility index (Phi) is 4.56. The van der Waals surface area contributed by atoms with Crippen LogP contribution in [0.2, 0.25) is 0 Å². The summed E-state index contributed by atoms with van der Waals surface area (Å²) in [6, 6.07) is 0. The third kappa shape index (κ3) is 3.81. The number of ether oxygens (including phenoxy) is 1. The second-order valence-corrected chi connectivity index (χ2v) is 4.90. The average molecular weight is 254 g/mol. The highest BCUT2D eigenvalue weighted by Crippen LogP contribution is 2.17. The van der Waals surface area contributed by atoms with Crippen molar-refractivity contribution in [3.63, 3.8) is 0 Å². The number of thioether (sulfide) groups is 1. The fourth-order valence-electron chi connectivity index (χ4n) is 1.94. The number of aromatic nitrogens is 3. The van der Waals surface area contributed by atoms with E-state index in [0.717, 1.165) is 31.7 Å². The van der Waals surface area contributed by atoms with E-state index in [1.165, 1.54) is 24.6 Å². The molecule has 1 fully saturated rings. The van der Waals surface area contributed by atoms with E-state index in [0.29, 0.717) is 17.2 Å². The minimum absolute atomic E-state index is 0.309. The van der Waals surface area contributed by atoms with Crippen LogP contribution in [0.4, 0.5) is 5.95 Å². The second-order valence-electron chi connectivity index (χ2n) is 4.12. The molecule has 1 aromatic heterocycles. The normalized spacial score (nSPS) is 20.4. The monoisotopic (exact) mass is 254 g/mol. The minimum Gasteiger partial charge on any atom is -0.378 e. The van der Waals surface area contributed by atoms with Crippen LogP contribution in [0.25, 0.3) is 0 Å². The molecule has 1 aliphatic rings. The van der Waals surface area contributed by atoms with Gasteiger partial charge in [-0.25, -0.2) is 4.98 Å². The largest absolute Gasteiger partial charge is 0.378 e. The summed E-state index contributed by atoms with van der Waals surface area (Å²) in [6.07, 6.45) is 7.67. The lowest BCUT2D eigenvalue weighted by Gasteiger charge is -2.22. The Morgan fingerprint density at radius 1 is 1.35 bits per heavy atom. The Balaban J connectivity index is 1.91. The van der Waals surface area contributed by atoms with Crippen LogP contribution < -0.4 is 5.73 Å². The first kappa shape index (κ1) is 12.6. The minimum atomic E-state index is 0.309. The molecule has 1 aromatic rings. The number of aryl methyl sites for hydroxylation is 1. The summed E-state index contributed by atoms with van der Waals surface area (Å²) in [6.45, 7) is 0.889. The van der Waals surface area contributed by atoms with Gasteiger partial charge in [-0.3, -0.25) is 0 Å². The standard InChI is InChI=1S/C11H18N4OS/c1-17-11-14-9(13-10(12)15-11)6-5-8-4-2-3-7-16-8/h8H,2-7H2,1H3,(H2,12,13,14,15). The number of nitrogens with two attached hydrogens (primary N) is 1. The highest BCUT2D eigenvalue weighted by Gasteiger charge is 2.14. The first-order valence-corrected chi connectivity index (χ1v) is 7.16. The first-order chi connectivity index (χ1) is 8.28. The van der Waals surface area contributed by atoms with E-state index in [9.17, 15) is 0 Å². The maximum atomic E-state index is 5.68. The van der Waals surface area contributed by atoms with Crippen molar-refractivity contribution < 1.29 is 4.74 Å². The Bertz CT molecular complexity index is 368. The molecule has 6 heteroatoms. The molecule has 17 heavy (non-hydrogen) atoms. The van der Waals surface area contributed by atoms with E-state index >= 15 is 0 Å². The van der Waals surface area contributed by atoms with Crippen LogP contribution in [0, 0.1) is 0 Å². The summed E-state index contributed by atoms with van der Waals surface area (Å²) in [5, 5.41) is 0.692. The van der Waals surface area contributed by atoms with Gasteiger partial charge in [-0.05, 0) is 31.9 Å². The molecule has 5 nitrogen and oxygen atoms in total. The van der Waals surface area contributed by atoms with Gasteiger partial charge < -0.3 is 10.5 Å². The highest BCUT2D eigenvalue weighted by molar-refractivity contribution is 7.98. The predicted octanol–water partition coefficient (Wildman–Crippen LogP) is 1.68. The molecule has 0 radical (unpaired) electrons. The molecule has 94 valence electrons. The number of hydrogen-bond donors (Lipinski definition) is 1. The van der Waals surface area contributed by atoms with Gasteiger partial charge in [0.1, 0.15) is 5.82 Å². The molecule has 0 amide bonds. The number of nitrogen functional groups attached to an aromatic ring is 1. The lowest BCUT2D eigenvalue weighted by Crippen LogP contribution is -2.20. The molecule has 1 unspecified atom stereocenters. The summed E-state index contributed by atoms with van der Waals surface area (Å²) in [7, 11) is 0. The quantitative estimate of drug-likeness (QED) is 0.824. The van der Waals surface area contributed by atoms with Gasteiger partial charge in [0.25, 0.3) is 0 Å². The van der Waals surface area contributed by atoms with Crippen LogP contribution in [0.15, 0.2) is 5.16 Å². The lowest BCUT2D eigenvalue weighted by molar-refractivity contribution is 0.0112. The maximum absolute atomic E-state index is 5.68. The molecular formula is C11H18N4OS. The molecular weight excluding hydrogens is 236 g/mol. The zero-order valence-electron chi connectivity index (χ0n) is 10.1. The average Bonchev–Trinajstić information content (AvgIpc) is 2.37. The highest BCUT2D eigenvalue weighted by atomic mass is 32.2. The van der Waals surface area contributed by atoms with Crippen molar-refractivity contribution in [2.24, 2.45) is 0 Å². The van der Waals surface area contributed by atoms with Crippen molar-refractivity contribution in [2.45, 2.75) is 43.4 Å². The van der Waals surface area contributed by atoms with Gasteiger partial charge in [-0.1, -0.05) is 11.8 Å². The third-order valence-corrected chi connectivity index (χ3v) is 3.37. The van der Waals surface area contributed by atoms with Gasteiger partial charge in [0, 0.05) is 13.0 Å². The molecule has 0 bridgehead atoms. The summed E-state index contributed by atoms with van der Waals surface area (Å²) in [5.41, 5.74) is 5.64. The van der Waals surface area contributed by atoms with Gasteiger partial charge in [-0.2, -0.15) is 9.97 Å². The smallest absolute Gasteiger partial charge is 0.224 e. The molecule has 1 saturated heterocycles. The molecule has 2 N–H and O–H groups in total. The second kappa shape index (κ2) is 6.16. The summed E-state index contributed by atoms with van der Waals surface area (Å²) in [5.74, 6) is 1.08. The van der Waals surface area contributed by atoms with E-state index in [1.54, 1.807) is 0 Å². The Hall–Kier alpha value is -0.880. The van der Waals surface area contributed by atoms with Gasteiger partial charge in [0.2, 0.25) is 5.95 Å². The number of anilines is 1. The van der Waals surface area contributed by atoms with Gasteiger partial charge in [-0.15, -0.1) is 0 Å². The van der Waals surface area contributed by atoms with E-state index in [1.807, 2.05) is 6.26 Å². The van der Waals surface area contributed by atoms with Crippen LogP contribution >= 0.6 is 11.8 Å². The zero-order valence-corrected chi connectivity index (χ0v) is 10.9. The molecule has 2 rings (SSSR count). The van der Waals surface area contributed by atoms with Crippen LogP contribution in [0.5, 0.6) is 0 Å². The molecule has 0 aliphatic carbocycles. The van der Waals surface area contributed by atoms with Gasteiger partial charge in [0.05, 0.1) is 6.10 Å². The molecule has 1 atom stereocenters. The van der Waals surface area contributed by atoms with Crippen molar-refractivity contribution >= 4 is 17.7 Å². The SMILES string of the molecule is CSc1nc(N)nc(CCC2CCCCO2)n1. The first-order valence-electron chi connectivity index (χ1n) is 5.94. The predicted molar refractivity (Wildman–Crippen MR) is 67.9 cm³/mol. The van der Waals surface area contributed by atoms with E-state index in [2.05, 4.69) is 15.0 Å². The number of hydrogen-bond acceptors (Lipinski definition) is 6. The Morgan fingerprint density at radius 3 is 2.94 bits per heavy atom. The van der Waals surface area contributed by atoms with E-state index in [4.69, 9.17) is 10.5 Å². The fourth-order valence-corrected chi connectivity index (χ4v) is 2.33. The zero-order chi connectivity index (χ0) is 12.1. The summed E-state index contributed by atoms with van der Waals surface area (Å²) in [4.78, 5) is 12.5. The molecule has 2 heterocycles. The maximum Gasteiger partial charge on any atom is 0.224 e. The van der Waals surface area contributed by atoms with E-state index in [-0.39, 0.29) is 0 Å². The lowest BCUT2D eigenvalue weighted by atomic mass is 10.0. The van der Waals surface area contributed by atoms with Crippen molar-refractivity contribution in [2.75, 3.05) is 18.6 Å². The van der Waals surface area contributed by atoms with Crippen LogP contribution in [0.3, 0.4) is 0 Å². The van der Waals surface area contributed by atoms with E-state index < -0.39 is 0 Å². The Labute approximate surface area is 106 Å².